The van der Waals surface area contributed by atoms with Gasteiger partial charge < -0.3 is 15.3 Å². The van der Waals surface area contributed by atoms with E-state index in [2.05, 4.69) is 21.2 Å². The van der Waals surface area contributed by atoms with Crippen LogP contribution in [0.3, 0.4) is 0 Å². The lowest BCUT2D eigenvalue weighted by molar-refractivity contribution is 0.134. The van der Waals surface area contributed by atoms with Crippen LogP contribution in [-0.2, 0) is 6.54 Å². The summed E-state index contributed by atoms with van der Waals surface area (Å²) in [6.07, 6.45) is -0.395. The number of aliphatic hydroxyl groups excluding tert-OH is 1. The van der Waals surface area contributed by atoms with Crippen LogP contribution in [0.25, 0.3) is 0 Å². The zero-order valence-electron chi connectivity index (χ0n) is 10.1. The maximum absolute atomic E-state index is 13.0. The number of nitrogens with zero attached hydrogens (tertiary/aromatic N) is 1. The van der Waals surface area contributed by atoms with Crippen molar-refractivity contribution >= 4 is 15.9 Å². The summed E-state index contributed by atoms with van der Waals surface area (Å²) >= 11 is 3.14. The highest BCUT2D eigenvalue weighted by Crippen LogP contribution is 2.16. The first-order valence-corrected chi connectivity index (χ1v) is 6.26. The molecule has 2 N–H and O–H groups in total. The van der Waals surface area contributed by atoms with Gasteiger partial charge in [0.15, 0.2) is 0 Å². The quantitative estimate of drug-likeness (QED) is 0.838. The van der Waals surface area contributed by atoms with Crippen LogP contribution in [-0.4, -0.2) is 43.3 Å². The molecule has 0 aliphatic carbocycles. The zero-order valence-corrected chi connectivity index (χ0v) is 11.7. The van der Waals surface area contributed by atoms with Gasteiger partial charge in [0.2, 0.25) is 0 Å². The lowest BCUT2D eigenvalue weighted by Crippen LogP contribution is -2.34. The van der Waals surface area contributed by atoms with E-state index in [1.165, 1.54) is 6.07 Å². The van der Waals surface area contributed by atoms with E-state index < -0.39 is 6.10 Å². The number of aliphatic hydroxyl groups is 1. The monoisotopic (exact) mass is 304 g/mol. The summed E-state index contributed by atoms with van der Waals surface area (Å²) in [5.74, 6) is -0.263. The second-order valence-corrected chi connectivity index (χ2v) is 5.15. The number of benzene rings is 1. The average Bonchev–Trinajstić information content (AvgIpc) is 2.22. The van der Waals surface area contributed by atoms with Gasteiger partial charge in [0.25, 0.3) is 0 Å². The molecule has 1 atom stereocenters. The summed E-state index contributed by atoms with van der Waals surface area (Å²) in [4.78, 5) is 1.93. The normalized spacial score (nSPS) is 13.1. The summed E-state index contributed by atoms with van der Waals surface area (Å²) < 4.78 is 13.4. The van der Waals surface area contributed by atoms with Crippen LogP contribution >= 0.6 is 15.9 Å². The van der Waals surface area contributed by atoms with Crippen LogP contribution in [0.1, 0.15) is 5.56 Å². The second kappa shape index (κ2) is 7.06. The molecule has 0 fully saturated rings. The van der Waals surface area contributed by atoms with E-state index in [1.807, 2.05) is 19.0 Å². The van der Waals surface area contributed by atoms with Crippen molar-refractivity contribution in [1.82, 2.24) is 10.2 Å². The molecule has 0 aromatic heterocycles. The smallest absolute Gasteiger partial charge is 0.137 e. The molecule has 17 heavy (non-hydrogen) atoms. The van der Waals surface area contributed by atoms with Gasteiger partial charge in [0.1, 0.15) is 5.82 Å². The Morgan fingerprint density at radius 2 is 2.18 bits per heavy atom. The molecular formula is C12H18BrFN2O. The molecule has 1 aromatic carbocycles. The maximum Gasteiger partial charge on any atom is 0.137 e. The molecule has 0 saturated carbocycles. The van der Waals surface area contributed by atoms with E-state index >= 15 is 0 Å². The van der Waals surface area contributed by atoms with Crippen molar-refractivity contribution in [2.75, 3.05) is 27.2 Å². The Kier molecular flexibility index (Phi) is 6.05. The molecule has 0 radical (unpaired) electrons. The molecule has 0 saturated heterocycles. The highest BCUT2D eigenvalue weighted by molar-refractivity contribution is 9.10. The third-order valence-corrected chi connectivity index (χ3v) is 2.88. The predicted molar refractivity (Wildman–Crippen MR) is 70.4 cm³/mol. The lowest BCUT2D eigenvalue weighted by Gasteiger charge is -2.16. The first kappa shape index (κ1) is 14.6. The number of nitrogens with one attached hydrogen (secondary N) is 1. The third-order valence-electron chi connectivity index (χ3n) is 2.27. The minimum atomic E-state index is -0.395. The van der Waals surface area contributed by atoms with Gasteiger partial charge in [-0.15, -0.1) is 0 Å². The molecule has 3 nitrogen and oxygen atoms in total. The largest absolute Gasteiger partial charge is 0.390 e. The molecule has 1 unspecified atom stereocenters. The molecule has 0 spiro atoms. The number of hydrogen-bond donors (Lipinski definition) is 2. The molecule has 0 aliphatic heterocycles. The minimum absolute atomic E-state index is 0.263. The molecule has 96 valence electrons. The molecule has 1 aromatic rings. The Morgan fingerprint density at radius 1 is 1.47 bits per heavy atom. The van der Waals surface area contributed by atoms with Gasteiger partial charge in [-0.2, -0.15) is 0 Å². The summed E-state index contributed by atoms with van der Waals surface area (Å²) in [5, 5.41) is 12.8. The number of likely N-dealkylation sites (N-methyl/N-ethyl adjacent to an activating group) is 1. The van der Waals surface area contributed by atoms with Crippen LogP contribution in [0.5, 0.6) is 0 Å². The van der Waals surface area contributed by atoms with Crippen molar-refractivity contribution in [1.29, 1.82) is 0 Å². The first-order chi connectivity index (χ1) is 7.99. The van der Waals surface area contributed by atoms with E-state index in [4.69, 9.17) is 0 Å². The standard InChI is InChI=1S/C12H18BrFN2O/c1-16(2)8-10(17)7-15-6-9-3-4-12(14)11(13)5-9/h3-5,10,15,17H,6-8H2,1-2H3. The molecule has 1 rings (SSSR count). The van der Waals surface area contributed by atoms with Crippen molar-refractivity contribution in [2.24, 2.45) is 0 Å². The van der Waals surface area contributed by atoms with Gasteiger partial charge in [0, 0.05) is 19.6 Å². The van der Waals surface area contributed by atoms with Crippen molar-refractivity contribution < 1.29 is 9.50 Å². The van der Waals surface area contributed by atoms with Crippen LogP contribution in [0.15, 0.2) is 22.7 Å². The molecule has 0 heterocycles. The van der Waals surface area contributed by atoms with Gasteiger partial charge in [-0.1, -0.05) is 6.07 Å². The molecule has 0 aliphatic rings. The highest BCUT2D eigenvalue weighted by atomic mass is 79.9. The lowest BCUT2D eigenvalue weighted by atomic mass is 10.2. The number of halogens is 2. The third kappa shape index (κ3) is 5.59. The molecule has 0 bridgehead atoms. The minimum Gasteiger partial charge on any atom is -0.390 e. The fourth-order valence-electron chi connectivity index (χ4n) is 1.52. The van der Waals surface area contributed by atoms with Gasteiger partial charge in [0.05, 0.1) is 10.6 Å². The Balaban J connectivity index is 2.33. The van der Waals surface area contributed by atoms with Crippen LogP contribution in [0.4, 0.5) is 4.39 Å². The topological polar surface area (TPSA) is 35.5 Å². The zero-order chi connectivity index (χ0) is 12.8. The van der Waals surface area contributed by atoms with Crippen molar-refractivity contribution in [3.63, 3.8) is 0 Å². The van der Waals surface area contributed by atoms with Crippen molar-refractivity contribution in [3.05, 3.63) is 34.1 Å². The maximum atomic E-state index is 13.0. The summed E-state index contributed by atoms with van der Waals surface area (Å²) in [6, 6.07) is 4.89. The SMILES string of the molecule is CN(C)CC(O)CNCc1ccc(F)c(Br)c1. The van der Waals surface area contributed by atoms with E-state index in [0.29, 0.717) is 24.1 Å². The van der Waals surface area contributed by atoms with Crippen LogP contribution < -0.4 is 5.32 Å². The van der Waals surface area contributed by atoms with Crippen LogP contribution in [0.2, 0.25) is 0 Å². The first-order valence-electron chi connectivity index (χ1n) is 5.46. The van der Waals surface area contributed by atoms with Gasteiger partial charge in [-0.3, -0.25) is 0 Å². The Morgan fingerprint density at radius 3 is 2.76 bits per heavy atom. The van der Waals surface area contributed by atoms with E-state index in [1.54, 1.807) is 12.1 Å². The fraction of sp³-hybridized carbons (Fsp3) is 0.500. The van der Waals surface area contributed by atoms with Gasteiger partial charge in [-0.25, -0.2) is 4.39 Å². The number of rotatable bonds is 6. The Bertz CT molecular complexity index is 360. The Hall–Kier alpha value is -0.490. The Labute approximate surface area is 110 Å². The highest BCUT2D eigenvalue weighted by Gasteiger charge is 2.05. The fourth-order valence-corrected chi connectivity index (χ4v) is 1.94. The van der Waals surface area contributed by atoms with E-state index in [-0.39, 0.29) is 5.82 Å². The van der Waals surface area contributed by atoms with E-state index in [0.717, 1.165) is 5.56 Å². The second-order valence-electron chi connectivity index (χ2n) is 4.30. The molecular weight excluding hydrogens is 287 g/mol. The summed E-state index contributed by atoms with van der Waals surface area (Å²) in [7, 11) is 3.83. The summed E-state index contributed by atoms with van der Waals surface area (Å²) in [5.41, 5.74) is 0.982. The average molecular weight is 305 g/mol. The molecule has 0 amide bonds. The molecule has 5 heteroatoms. The van der Waals surface area contributed by atoms with Gasteiger partial charge in [-0.05, 0) is 47.7 Å². The van der Waals surface area contributed by atoms with Crippen molar-refractivity contribution in [3.8, 4) is 0 Å². The van der Waals surface area contributed by atoms with Crippen LogP contribution in [0, 0.1) is 5.82 Å². The van der Waals surface area contributed by atoms with E-state index in [9.17, 15) is 9.50 Å². The number of hydrogen-bond acceptors (Lipinski definition) is 3. The van der Waals surface area contributed by atoms with Crippen molar-refractivity contribution in [2.45, 2.75) is 12.6 Å². The predicted octanol–water partition coefficient (Wildman–Crippen LogP) is 1.60. The summed E-state index contributed by atoms with van der Waals surface area (Å²) in [6.45, 7) is 1.76. The van der Waals surface area contributed by atoms with Gasteiger partial charge >= 0.3 is 0 Å².